The highest BCUT2D eigenvalue weighted by atomic mass is 15.2. The maximum atomic E-state index is 4.50. The number of rotatable bonds is 4. The summed E-state index contributed by atoms with van der Waals surface area (Å²) in [6.45, 7) is 1.95. The molecule has 0 radical (unpaired) electrons. The molecule has 2 N–H and O–H groups in total. The minimum atomic E-state index is 0.439. The predicted octanol–water partition coefficient (Wildman–Crippen LogP) is 2.28. The van der Waals surface area contributed by atoms with Crippen molar-refractivity contribution >= 4 is 28.4 Å². The van der Waals surface area contributed by atoms with Crippen LogP contribution in [0.4, 0.5) is 17.3 Å². The Labute approximate surface area is 152 Å². The molecule has 1 atom stereocenters. The largest absolute Gasteiger partial charge is 0.381 e. The third kappa shape index (κ3) is 3.40. The van der Waals surface area contributed by atoms with Crippen LogP contribution in [0.2, 0.25) is 0 Å². The number of nitrogens with one attached hydrogen (secondary N) is 2. The Balaban J connectivity index is 1.42. The Morgan fingerprint density at radius 3 is 2.85 bits per heavy atom. The monoisotopic (exact) mass is 352 g/mol. The Morgan fingerprint density at radius 2 is 2.04 bits per heavy atom. The molecule has 3 aromatic heterocycles. The molecule has 0 spiro atoms. The molecule has 1 saturated heterocycles. The normalized spacial score (nSPS) is 17.9. The first-order valence-electron chi connectivity index (χ1n) is 8.99. The van der Waals surface area contributed by atoms with Crippen LogP contribution in [-0.2, 0) is 0 Å². The van der Waals surface area contributed by atoms with Crippen LogP contribution in [0.5, 0.6) is 0 Å². The number of H-pyrrole nitrogens is 1. The summed E-state index contributed by atoms with van der Waals surface area (Å²) >= 11 is 0. The van der Waals surface area contributed by atoms with Crippen molar-refractivity contribution in [1.29, 1.82) is 0 Å². The number of pyridine rings is 1. The summed E-state index contributed by atoms with van der Waals surface area (Å²) in [6, 6.07) is 4.58. The molecule has 8 nitrogen and oxygen atoms in total. The van der Waals surface area contributed by atoms with Gasteiger partial charge in [0.05, 0.1) is 23.5 Å². The van der Waals surface area contributed by atoms with Crippen molar-refractivity contribution in [3.63, 3.8) is 0 Å². The summed E-state index contributed by atoms with van der Waals surface area (Å²) in [5, 5.41) is 11.6. The molecule has 0 bridgehead atoms. The minimum absolute atomic E-state index is 0.439. The zero-order chi connectivity index (χ0) is 17.9. The lowest BCUT2D eigenvalue weighted by atomic mass is 10.1. The van der Waals surface area contributed by atoms with Gasteiger partial charge in [-0.05, 0) is 31.4 Å². The lowest BCUT2D eigenvalue weighted by molar-refractivity contribution is 0.639. The van der Waals surface area contributed by atoms with E-state index < -0.39 is 0 Å². The molecule has 8 heteroatoms. The first kappa shape index (κ1) is 16.6. The summed E-state index contributed by atoms with van der Waals surface area (Å²) < 4.78 is 0. The van der Waals surface area contributed by atoms with Gasteiger partial charge < -0.3 is 15.1 Å². The second-order valence-electron chi connectivity index (χ2n) is 6.89. The quantitative estimate of drug-likeness (QED) is 0.745. The summed E-state index contributed by atoms with van der Waals surface area (Å²) in [5.41, 5.74) is 1.87. The van der Waals surface area contributed by atoms with Gasteiger partial charge in [-0.25, -0.2) is 15.0 Å². The molecule has 1 aliphatic rings. The van der Waals surface area contributed by atoms with E-state index in [-0.39, 0.29) is 0 Å². The molecule has 136 valence electrons. The molecule has 3 aromatic rings. The van der Waals surface area contributed by atoms with Gasteiger partial charge >= 0.3 is 0 Å². The molecular weight excluding hydrogens is 328 g/mol. The number of aromatic amines is 1. The number of nitrogens with zero attached hydrogens (tertiary/aromatic N) is 6. The van der Waals surface area contributed by atoms with Gasteiger partial charge in [-0.15, -0.1) is 0 Å². The van der Waals surface area contributed by atoms with Gasteiger partial charge in [0.15, 0.2) is 5.65 Å². The molecule has 0 saturated carbocycles. The van der Waals surface area contributed by atoms with E-state index in [1.165, 1.54) is 0 Å². The molecule has 4 heterocycles. The third-order valence-electron chi connectivity index (χ3n) is 4.83. The summed E-state index contributed by atoms with van der Waals surface area (Å²) in [5.74, 6) is 1.94. The van der Waals surface area contributed by atoms with E-state index >= 15 is 0 Å². The highest BCUT2D eigenvalue weighted by Gasteiger charge is 2.20. The van der Waals surface area contributed by atoms with Crippen LogP contribution in [0.25, 0.3) is 11.0 Å². The highest BCUT2D eigenvalue weighted by molar-refractivity contribution is 5.86. The highest BCUT2D eigenvalue weighted by Crippen LogP contribution is 2.25. The lowest BCUT2D eigenvalue weighted by Crippen LogP contribution is -2.27. The molecule has 26 heavy (non-hydrogen) atoms. The smallest absolute Gasteiger partial charge is 0.160 e. The van der Waals surface area contributed by atoms with E-state index in [1.807, 2.05) is 37.5 Å². The Morgan fingerprint density at radius 1 is 1.12 bits per heavy atom. The molecular formula is C18H24N8. The van der Waals surface area contributed by atoms with Crippen LogP contribution in [0, 0.1) is 0 Å². The van der Waals surface area contributed by atoms with Gasteiger partial charge in [0.1, 0.15) is 18.0 Å². The second-order valence-corrected chi connectivity index (χ2v) is 6.89. The first-order valence-corrected chi connectivity index (χ1v) is 8.99. The Bertz CT molecular complexity index is 857. The Kier molecular flexibility index (Phi) is 4.55. The van der Waals surface area contributed by atoms with Gasteiger partial charge in [0.25, 0.3) is 0 Å². The van der Waals surface area contributed by atoms with Gasteiger partial charge in [-0.3, -0.25) is 5.10 Å². The van der Waals surface area contributed by atoms with Crippen molar-refractivity contribution < 1.29 is 0 Å². The van der Waals surface area contributed by atoms with Crippen LogP contribution in [0.1, 0.15) is 19.3 Å². The van der Waals surface area contributed by atoms with E-state index in [9.17, 15) is 0 Å². The molecule has 4 rings (SSSR count). The molecule has 1 fully saturated rings. The standard InChI is InChI=1S/C18H24N8/c1-25(2)16-6-5-14(10-19-16)23-13-4-3-8-26(9-7-13)18-15-11-22-24-17(15)20-12-21-18/h5-6,10-13,23H,3-4,7-9H2,1-2H3,(H,20,21,22,24)/t13-/m1/s1. The summed E-state index contributed by atoms with van der Waals surface area (Å²) in [4.78, 5) is 17.6. The fourth-order valence-electron chi connectivity index (χ4n) is 3.43. The van der Waals surface area contributed by atoms with Crippen molar-refractivity contribution in [2.45, 2.75) is 25.3 Å². The van der Waals surface area contributed by atoms with Crippen molar-refractivity contribution in [2.24, 2.45) is 0 Å². The third-order valence-corrected chi connectivity index (χ3v) is 4.83. The van der Waals surface area contributed by atoms with Crippen molar-refractivity contribution in [3.8, 4) is 0 Å². The number of aromatic nitrogens is 5. The van der Waals surface area contributed by atoms with Crippen LogP contribution in [0.3, 0.4) is 0 Å². The molecule has 0 aromatic carbocycles. The van der Waals surface area contributed by atoms with Gasteiger partial charge in [-0.1, -0.05) is 0 Å². The van der Waals surface area contributed by atoms with E-state index in [1.54, 1.807) is 6.33 Å². The van der Waals surface area contributed by atoms with E-state index in [2.05, 4.69) is 41.4 Å². The van der Waals surface area contributed by atoms with Gasteiger partial charge in [-0.2, -0.15) is 5.10 Å². The summed E-state index contributed by atoms with van der Waals surface area (Å²) in [6.07, 6.45) is 8.63. The van der Waals surface area contributed by atoms with Crippen LogP contribution in [-0.4, -0.2) is 58.4 Å². The van der Waals surface area contributed by atoms with Crippen molar-refractivity contribution in [2.75, 3.05) is 42.3 Å². The zero-order valence-corrected chi connectivity index (χ0v) is 15.2. The van der Waals surface area contributed by atoms with E-state index in [0.717, 1.165) is 60.7 Å². The topological polar surface area (TPSA) is 85.9 Å². The second kappa shape index (κ2) is 7.15. The average molecular weight is 352 g/mol. The van der Waals surface area contributed by atoms with E-state index in [0.29, 0.717) is 6.04 Å². The van der Waals surface area contributed by atoms with Crippen molar-refractivity contribution in [1.82, 2.24) is 25.1 Å². The van der Waals surface area contributed by atoms with Gasteiger partial charge in [0, 0.05) is 33.2 Å². The van der Waals surface area contributed by atoms with Crippen LogP contribution in [0.15, 0.2) is 30.9 Å². The SMILES string of the molecule is CN(C)c1ccc(N[C@@H]2CCCN(c3ncnc4[nH]ncc34)CC2)cn1. The van der Waals surface area contributed by atoms with Crippen LogP contribution < -0.4 is 15.1 Å². The predicted molar refractivity (Wildman–Crippen MR) is 104 cm³/mol. The number of fused-ring (bicyclic) bond motifs is 1. The number of hydrogen-bond donors (Lipinski definition) is 2. The maximum absolute atomic E-state index is 4.50. The fraction of sp³-hybridized carbons (Fsp3) is 0.444. The molecule has 0 aliphatic carbocycles. The van der Waals surface area contributed by atoms with Crippen molar-refractivity contribution in [3.05, 3.63) is 30.9 Å². The molecule has 0 unspecified atom stereocenters. The lowest BCUT2D eigenvalue weighted by Gasteiger charge is -2.22. The van der Waals surface area contributed by atoms with E-state index in [4.69, 9.17) is 0 Å². The molecule has 1 aliphatic heterocycles. The molecule has 0 amide bonds. The zero-order valence-electron chi connectivity index (χ0n) is 15.2. The van der Waals surface area contributed by atoms with Crippen LogP contribution >= 0.6 is 0 Å². The van der Waals surface area contributed by atoms with Gasteiger partial charge in [0.2, 0.25) is 0 Å². The Hall–Kier alpha value is -2.90. The fourth-order valence-corrected chi connectivity index (χ4v) is 3.43. The first-order chi connectivity index (χ1) is 12.7. The minimum Gasteiger partial charge on any atom is -0.381 e. The average Bonchev–Trinajstić information content (AvgIpc) is 3.02. The summed E-state index contributed by atoms with van der Waals surface area (Å²) in [7, 11) is 4.00. The number of anilines is 3. The maximum Gasteiger partial charge on any atom is 0.160 e. The number of hydrogen-bond acceptors (Lipinski definition) is 7.